The molecule has 18 heavy (non-hydrogen) atoms. The van der Waals surface area contributed by atoms with Crippen molar-refractivity contribution in [1.82, 2.24) is 0 Å². The summed E-state index contributed by atoms with van der Waals surface area (Å²) in [6.45, 7) is 4.29. The lowest BCUT2D eigenvalue weighted by Gasteiger charge is -2.24. The monoisotopic (exact) mass is 316 g/mol. The van der Waals surface area contributed by atoms with Gasteiger partial charge in [-0.2, -0.15) is 0 Å². The van der Waals surface area contributed by atoms with Crippen LogP contribution < -0.4 is 4.90 Å². The summed E-state index contributed by atoms with van der Waals surface area (Å²) >= 11 is 3.38. The fourth-order valence-corrected chi connectivity index (χ4v) is 2.20. The maximum absolute atomic E-state index is 10.7. The number of methoxy groups -OCH3 is 1. The number of alkyl halides is 1. The highest BCUT2D eigenvalue weighted by Gasteiger charge is 2.13. The first-order valence-electron chi connectivity index (χ1n) is 5.71. The predicted octanol–water partition coefficient (Wildman–Crippen LogP) is 2.96. The second-order valence-corrected chi connectivity index (χ2v) is 4.34. The number of nitro benzene ring substituents is 1. The zero-order valence-corrected chi connectivity index (χ0v) is 12.1. The molecule has 0 saturated heterocycles. The maximum Gasteiger partial charge on any atom is 0.269 e. The molecule has 6 heteroatoms. The summed E-state index contributed by atoms with van der Waals surface area (Å²) in [5, 5.41) is 11.3. The van der Waals surface area contributed by atoms with E-state index in [4.69, 9.17) is 4.74 Å². The number of anilines is 1. The zero-order chi connectivity index (χ0) is 13.5. The molecule has 0 unspecified atom stereocenters. The van der Waals surface area contributed by atoms with Crippen molar-refractivity contribution in [2.24, 2.45) is 0 Å². The molecular formula is C12H17BrN2O3. The highest BCUT2D eigenvalue weighted by molar-refractivity contribution is 9.08. The van der Waals surface area contributed by atoms with Crippen LogP contribution in [0.4, 0.5) is 11.4 Å². The van der Waals surface area contributed by atoms with E-state index in [0.717, 1.165) is 24.3 Å². The van der Waals surface area contributed by atoms with Gasteiger partial charge in [-0.05, 0) is 18.6 Å². The molecule has 100 valence electrons. The first-order chi connectivity index (χ1) is 8.63. The molecule has 0 heterocycles. The molecule has 1 rings (SSSR count). The average molecular weight is 317 g/mol. The number of nitrogens with zero attached hydrogens (tertiary/aromatic N) is 2. The Hall–Kier alpha value is -1.14. The van der Waals surface area contributed by atoms with Crippen LogP contribution in [0.5, 0.6) is 0 Å². The van der Waals surface area contributed by atoms with Crippen LogP contribution in [0, 0.1) is 10.1 Å². The predicted molar refractivity (Wildman–Crippen MR) is 75.5 cm³/mol. The maximum atomic E-state index is 10.7. The molecule has 0 radical (unpaired) electrons. The molecule has 0 aliphatic heterocycles. The van der Waals surface area contributed by atoms with Crippen LogP contribution in [-0.2, 0) is 10.1 Å². The van der Waals surface area contributed by atoms with Gasteiger partial charge in [0.2, 0.25) is 0 Å². The Labute approximate surface area is 115 Å². The lowest BCUT2D eigenvalue weighted by Crippen LogP contribution is -2.27. The van der Waals surface area contributed by atoms with Gasteiger partial charge < -0.3 is 9.64 Å². The Morgan fingerprint density at radius 3 is 2.72 bits per heavy atom. The van der Waals surface area contributed by atoms with Gasteiger partial charge in [-0.1, -0.05) is 15.9 Å². The molecule has 5 nitrogen and oxygen atoms in total. The topological polar surface area (TPSA) is 55.6 Å². The standard InChI is InChI=1S/C12H17BrN2O3/c1-3-14(6-7-18-2)12-5-4-11(15(16)17)8-10(12)9-13/h4-5,8H,3,6-7,9H2,1-2H3. The number of halogens is 1. The van der Waals surface area contributed by atoms with E-state index in [0.29, 0.717) is 11.9 Å². The second-order valence-electron chi connectivity index (χ2n) is 3.78. The molecule has 0 atom stereocenters. The van der Waals surface area contributed by atoms with Crippen LogP contribution >= 0.6 is 15.9 Å². The fraction of sp³-hybridized carbons (Fsp3) is 0.500. The van der Waals surface area contributed by atoms with Crippen molar-refractivity contribution in [2.45, 2.75) is 12.3 Å². The summed E-state index contributed by atoms with van der Waals surface area (Å²) in [5.74, 6) is 0. The number of likely N-dealkylation sites (N-methyl/N-ethyl adjacent to an activating group) is 1. The van der Waals surface area contributed by atoms with Crippen molar-refractivity contribution in [2.75, 3.05) is 31.7 Å². The molecular weight excluding hydrogens is 300 g/mol. The first kappa shape index (κ1) is 14.9. The smallest absolute Gasteiger partial charge is 0.269 e. The molecule has 0 spiro atoms. The Kier molecular flexibility index (Phi) is 6.07. The van der Waals surface area contributed by atoms with E-state index >= 15 is 0 Å². The van der Waals surface area contributed by atoms with Crippen molar-refractivity contribution < 1.29 is 9.66 Å². The molecule has 0 N–H and O–H groups in total. The Balaban J connectivity index is 3.02. The molecule has 0 aliphatic rings. The number of hydrogen-bond acceptors (Lipinski definition) is 4. The molecule has 1 aromatic carbocycles. The van der Waals surface area contributed by atoms with Gasteiger partial charge in [-0.25, -0.2) is 0 Å². The van der Waals surface area contributed by atoms with Crippen LogP contribution in [0.1, 0.15) is 12.5 Å². The van der Waals surface area contributed by atoms with Crippen LogP contribution in [0.2, 0.25) is 0 Å². The molecule has 0 aliphatic carbocycles. The number of non-ortho nitro benzene ring substituents is 1. The summed E-state index contributed by atoms with van der Waals surface area (Å²) in [7, 11) is 1.66. The second kappa shape index (κ2) is 7.33. The Bertz CT molecular complexity index is 412. The third kappa shape index (κ3) is 3.68. The quantitative estimate of drug-likeness (QED) is 0.441. The number of ether oxygens (including phenoxy) is 1. The van der Waals surface area contributed by atoms with Gasteiger partial charge in [-0.3, -0.25) is 10.1 Å². The summed E-state index contributed by atoms with van der Waals surface area (Å²) < 4.78 is 5.07. The number of benzene rings is 1. The minimum absolute atomic E-state index is 0.121. The largest absolute Gasteiger partial charge is 0.383 e. The summed E-state index contributed by atoms with van der Waals surface area (Å²) in [6, 6.07) is 4.95. The Morgan fingerprint density at radius 1 is 1.50 bits per heavy atom. The molecule has 0 aromatic heterocycles. The highest BCUT2D eigenvalue weighted by Crippen LogP contribution is 2.27. The fourth-order valence-electron chi connectivity index (χ4n) is 1.75. The molecule has 0 fully saturated rings. The average Bonchev–Trinajstić information content (AvgIpc) is 2.39. The van der Waals surface area contributed by atoms with Crippen molar-refractivity contribution in [1.29, 1.82) is 0 Å². The third-order valence-corrected chi connectivity index (χ3v) is 3.31. The molecule has 0 bridgehead atoms. The van der Waals surface area contributed by atoms with Crippen LogP contribution in [0.3, 0.4) is 0 Å². The van der Waals surface area contributed by atoms with E-state index in [1.165, 1.54) is 6.07 Å². The van der Waals surface area contributed by atoms with Gasteiger partial charge in [0.05, 0.1) is 11.5 Å². The van der Waals surface area contributed by atoms with Crippen molar-refractivity contribution >= 4 is 27.3 Å². The Morgan fingerprint density at radius 2 is 2.22 bits per heavy atom. The zero-order valence-electron chi connectivity index (χ0n) is 10.6. The van der Waals surface area contributed by atoms with E-state index in [2.05, 4.69) is 27.8 Å². The van der Waals surface area contributed by atoms with E-state index < -0.39 is 0 Å². The van der Waals surface area contributed by atoms with Gasteiger partial charge >= 0.3 is 0 Å². The van der Waals surface area contributed by atoms with E-state index in [1.807, 2.05) is 0 Å². The van der Waals surface area contributed by atoms with E-state index in [1.54, 1.807) is 19.2 Å². The van der Waals surface area contributed by atoms with Gasteiger partial charge in [0.25, 0.3) is 5.69 Å². The SMILES string of the molecule is CCN(CCOC)c1ccc([N+](=O)[O-])cc1CBr. The first-order valence-corrected chi connectivity index (χ1v) is 6.83. The van der Waals surface area contributed by atoms with Gasteiger partial charge in [0.1, 0.15) is 0 Å². The van der Waals surface area contributed by atoms with Crippen molar-refractivity contribution in [3.8, 4) is 0 Å². The van der Waals surface area contributed by atoms with Crippen LogP contribution in [-0.4, -0.2) is 31.7 Å². The van der Waals surface area contributed by atoms with Crippen LogP contribution in [0.25, 0.3) is 0 Å². The number of nitro groups is 1. The molecule has 0 saturated carbocycles. The minimum Gasteiger partial charge on any atom is -0.383 e. The third-order valence-electron chi connectivity index (χ3n) is 2.71. The van der Waals surface area contributed by atoms with Crippen molar-refractivity contribution in [3.63, 3.8) is 0 Å². The molecule has 0 amide bonds. The molecule has 1 aromatic rings. The summed E-state index contributed by atoms with van der Waals surface area (Å²) in [6.07, 6.45) is 0. The lowest BCUT2D eigenvalue weighted by molar-refractivity contribution is -0.384. The van der Waals surface area contributed by atoms with E-state index in [-0.39, 0.29) is 10.6 Å². The lowest BCUT2D eigenvalue weighted by atomic mass is 10.1. The van der Waals surface area contributed by atoms with Gasteiger partial charge in [0.15, 0.2) is 0 Å². The van der Waals surface area contributed by atoms with Gasteiger partial charge in [-0.15, -0.1) is 0 Å². The highest BCUT2D eigenvalue weighted by atomic mass is 79.9. The minimum atomic E-state index is -0.374. The van der Waals surface area contributed by atoms with Crippen LogP contribution in [0.15, 0.2) is 18.2 Å². The summed E-state index contributed by atoms with van der Waals surface area (Å²) in [4.78, 5) is 12.5. The van der Waals surface area contributed by atoms with E-state index in [9.17, 15) is 10.1 Å². The number of rotatable bonds is 7. The normalized spacial score (nSPS) is 10.4. The summed E-state index contributed by atoms with van der Waals surface area (Å²) in [5.41, 5.74) is 2.05. The number of hydrogen-bond donors (Lipinski definition) is 0. The van der Waals surface area contributed by atoms with Gasteiger partial charge in [0, 0.05) is 43.3 Å². The van der Waals surface area contributed by atoms with Crippen molar-refractivity contribution in [3.05, 3.63) is 33.9 Å².